The molecule has 1 fully saturated rings. The predicted molar refractivity (Wildman–Crippen MR) is 53.7 cm³/mol. The molecule has 2 unspecified atom stereocenters. The lowest BCUT2D eigenvalue weighted by atomic mass is 9.94. The molecule has 0 aromatic rings. The molecule has 0 radical (unpaired) electrons. The van der Waals surface area contributed by atoms with Crippen molar-refractivity contribution < 1.29 is 14.6 Å². The van der Waals surface area contributed by atoms with Gasteiger partial charge in [-0.3, -0.25) is 4.79 Å². The van der Waals surface area contributed by atoms with Crippen LogP contribution in [0.3, 0.4) is 0 Å². The molecule has 1 aliphatic rings. The third-order valence-corrected chi connectivity index (χ3v) is 2.00. The fourth-order valence-corrected chi connectivity index (χ4v) is 1.32. The number of aliphatic hydroxyl groups is 1. The maximum atomic E-state index is 11.0. The van der Waals surface area contributed by atoms with Crippen molar-refractivity contribution >= 4 is 5.97 Å². The molecule has 80 valence electrons. The standard InChI is InChI=1S/C11H18O3/c1-11(2,3)5-4-9-6-8(12)7-10(13)14-9/h4-5,8-9,12H,6-7H2,1-3H3/b5-4+. The first-order chi connectivity index (χ1) is 6.37. The Labute approximate surface area is 84.8 Å². The van der Waals surface area contributed by atoms with Gasteiger partial charge in [0.25, 0.3) is 0 Å². The second kappa shape index (κ2) is 4.13. The summed E-state index contributed by atoms with van der Waals surface area (Å²) in [5.74, 6) is -0.313. The summed E-state index contributed by atoms with van der Waals surface area (Å²) in [6.07, 6.45) is 3.69. The van der Waals surface area contributed by atoms with Crippen LogP contribution in [0.5, 0.6) is 0 Å². The van der Waals surface area contributed by atoms with E-state index in [1.165, 1.54) is 0 Å². The largest absolute Gasteiger partial charge is 0.458 e. The lowest BCUT2D eigenvalue weighted by molar-refractivity contribution is -0.156. The molecule has 14 heavy (non-hydrogen) atoms. The van der Waals surface area contributed by atoms with E-state index in [1.54, 1.807) is 0 Å². The highest BCUT2D eigenvalue weighted by Crippen LogP contribution is 2.20. The van der Waals surface area contributed by atoms with Crippen LogP contribution in [0.15, 0.2) is 12.2 Å². The number of hydrogen-bond acceptors (Lipinski definition) is 3. The van der Waals surface area contributed by atoms with E-state index in [-0.39, 0.29) is 23.9 Å². The molecular formula is C11H18O3. The number of esters is 1. The third kappa shape index (κ3) is 3.92. The highest BCUT2D eigenvalue weighted by molar-refractivity contribution is 5.71. The van der Waals surface area contributed by atoms with Crippen molar-refractivity contribution in [3.8, 4) is 0 Å². The Bertz CT molecular complexity index is 237. The van der Waals surface area contributed by atoms with Crippen molar-refractivity contribution in [2.24, 2.45) is 5.41 Å². The number of cyclic esters (lactones) is 1. The first kappa shape index (κ1) is 11.2. The van der Waals surface area contributed by atoms with Crippen LogP contribution in [0.4, 0.5) is 0 Å². The molecule has 0 saturated carbocycles. The van der Waals surface area contributed by atoms with Gasteiger partial charge in [-0.1, -0.05) is 26.8 Å². The molecule has 3 heteroatoms. The first-order valence-corrected chi connectivity index (χ1v) is 4.94. The van der Waals surface area contributed by atoms with Crippen LogP contribution < -0.4 is 0 Å². The Balaban J connectivity index is 2.53. The van der Waals surface area contributed by atoms with Gasteiger partial charge in [0.1, 0.15) is 6.10 Å². The van der Waals surface area contributed by atoms with Gasteiger partial charge < -0.3 is 9.84 Å². The molecule has 0 spiro atoms. The summed E-state index contributed by atoms with van der Waals surface area (Å²) in [6.45, 7) is 6.22. The Morgan fingerprint density at radius 3 is 2.64 bits per heavy atom. The average Bonchev–Trinajstić information content (AvgIpc) is 1.97. The topological polar surface area (TPSA) is 46.5 Å². The molecule has 0 aliphatic carbocycles. The van der Waals surface area contributed by atoms with Gasteiger partial charge in [-0.05, 0) is 11.5 Å². The summed E-state index contributed by atoms with van der Waals surface area (Å²) >= 11 is 0. The van der Waals surface area contributed by atoms with Gasteiger partial charge in [0.05, 0.1) is 12.5 Å². The van der Waals surface area contributed by atoms with Gasteiger partial charge in [-0.15, -0.1) is 0 Å². The van der Waals surface area contributed by atoms with E-state index in [4.69, 9.17) is 4.74 Å². The summed E-state index contributed by atoms with van der Waals surface area (Å²) in [5, 5.41) is 9.34. The lowest BCUT2D eigenvalue weighted by Gasteiger charge is -2.24. The van der Waals surface area contributed by atoms with Crippen LogP contribution in [0, 0.1) is 5.41 Å². The lowest BCUT2D eigenvalue weighted by Crippen LogP contribution is -2.31. The Morgan fingerprint density at radius 2 is 2.14 bits per heavy atom. The number of carbonyl (C=O) groups excluding carboxylic acids is 1. The molecule has 0 amide bonds. The van der Waals surface area contributed by atoms with Crippen molar-refractivity contribution in [2.75, 3.05) is 0 Å². The molecule has 2 atom stereocenters. The highest BCUT2D eigenvalue weighted by atomic mass is 16.5. The second-order valence-corrected chi connectivity index (χ2v) is 4.85. The van der Waals surface area contributed by atoms with E-state index >= 15 is 0 Å². The van der Waals surface area contributed by atoms with Gasteiger partial charge in [0, 0.05) is 6.42 Å². The Kier molecular flexibility index (Phi) is 3.32. The maximum absolute atomic E-state index is 11.0. The minimum atomic E-state index is -0.550. The van der Waals surface area contributed by atoms with Gasteiger partial charge in [-0.2, -0.15) is 0 Å². The van der Waals surface area contributed by atoms with Crippen LogP contribution in [0.2, 0.25) is 0 Å². The number of ether oxygens (including phenoxy) is 1. The van der Waals surface area contributed by atoms with E-state index in [0.29, 0.717) is 6.42 Å². The fraction of sp³-hybridized carbons (Fsp3) is 0.727. The fourth-order valence-electron chi connectivity index (χ4n) is 1.32. The summed E-state index contributed by atoms with van der Waals surface area (Å²) < 4.78 is 5.07. The normalized spacial score (nSPS) is 29.3. The Morgan fingerprint density at radius 1 is 1.50 bits per heavy atom. The second-order valence-electron chi connectivity index (χ2n) is 4.85. The SMILES string of the molecule is CC(C)(C)/C=C/C1CC(O)CC(=O)O1. The summed E-state index contributed by atoms with van der Waals surface area (Å²) in [7, 11) is 0. The van der Waals surface area contributed by atoms with Crippen molar-refractivity contribution in [2.45, 2.75) is 45.8 Å². The molecule has 0 aromatic carbocycles. The van der Waals surface area contributed by atoms with Crippen molar-refractivity contribution in [3.63, 3.8) is 0 Å². The average molecular weight is 198 g/mol. The minimum Gasteiger partial charge on any atom is -0.458 e. The van der Waals surface area contributed by atoms with Gasteiger partial charge in [-0.25, -0.2) is 0 Å². The van der Waals surface area contributed by atoms with E-state index in [1.807, 2.05) is 12.2 Å². The molecule has 3 nitrogen and oxygen atoms in total. The summed E-state index contributed by atoms with van der Waals surface area (Å²) in [4.78, 5) is 11.0. The number of carbonyl (C=O) groups is 1. The minimum absolute atomic E-state index is 0.0782. The smallest absolute Gasteiger partial charge is 0.309 e. The van der Waals surface area contributed by atoms with Crippen molar-refractivity contribution in [3.05, 3.63) is 12.2 Å². The molecular weight excluding hydrogens is 180 g/mol. The quantitative estimate of drug-likeness (QED) is 0.515. The number of aliphatic hydroxyl groups excluding tert-OH is 1. The van der Waals surface area contributed by atoms with Gasteiger partial charge >= 0.3 is 5.97 Å². The van der Waals surface area contributed by atoms with Crippen LogP contribution in [0.1, 0.15) is 33.6 Å². The highest BCUT2D eigenvalue weighted by Gasteiger charge is 2.25. The molecule has 1 N–H and O–H groups in total. The molecule has 0 aromatic heterocycles. The van der Waals surface area contributed by atoms with Crippen molar-refractivity contribution in [1.82, 2.24) is 0 Å². The summed E-state index contributed by atoms with van der Waals surface area (Å²) in [6, 6.07) is 0. The van der Waals surface area contributed by atoms with Crippen LogP contribution in [-0.4, -0.2) is 23.3 Å². The molecule has 1 heterocycles. The zero-order valence-corrected chi connectivity index (χ0v) is 8.99. The van der Waals surface area contributed by atoms with Crippen LogP contribution in [-0.2, 0) is 9.53 Å². The molecule has 1 rings (SSSR count). The van der Waals surface area contributed by atoms with Crippen LogP contribution in [0.25, 0.3) is 0 Å². The summed E-state index contributed by atoms with van der Waals surface area (Å²) in [5.41, 5.74) is 0.0782. The van der Waals surface area contributed by atoms with Crippen molar-refractivity contribution in [1.29, 1.82) is 0 Å². The monoisotopic (exact) mass is 198 g/mol. The Hall–Kier alpha value is -0.830. The zero-order valence-electron chi connectivity index (χ0n) is 8.99. The van der Waals surface area contributed by atoms with Crippen LogP contribution >= 0.6 is 0 Å². The maximum Gasteiger partial charge on any atom is 0.309 e. The van der Waals surface area contributed by atoms with Gasteiger partial charge in [0.2, 0.25) is 0 Å². The van der Waals surface area contributed by atoms with E-state index in [2.05, 4.69) is 20.8 Å². The third-order valence-electron chi connectivity index (χ3n) is 2.00. The number of allylic oxidation sites excluding steroid dienone is 1. The zero-order chi connectivity index (χ0) is 10.8. The van der Waals surface area contributed by atoms with E-state index in [9.17, 15) is 9.90 Å². The molecule has 0 bridgehead atoms. The molecule has 1 aliphatic heterocycles. The van der Waals surface area contributed by atoms with E-state index in [0.717, 1.165) is 0 Å². The van der Waals surface area contributed by atoms with Gasteiger partial charge in [0.15, 0.2) is 0 Å². The number of hydrogen-bond donors (Lipinski definition) is 1. The number of rotatable bonds is 1. The molecule has 1 saturated heterocycles. The first-order valence-electron chi connectivity index (χ1n) is 4.94. The predicted octanol–water partition coefficient (Wildman–Crippen LogP) is 1.66. The van der Waals surface area contributed by atoms with E-state index < -0.39 is 6.10 Å².